The molecule has 0 saturated heterocycles. The van der Waals surface area contributed by atoms with Gasteiger partial charge in [-0.25, -0.2) is 4.39 Å². The highest BCUT2D eigenvalue weighted by molar-refractivity contribution is 9.10. The van der Waals surface area contributed by atoms with Crippen LogP contribution in [0.1, 0.15) is 12.0 Å². The molecule has 3 nitrogen and oxygen atoms in total. The van der Waals surface area contributed by atoms with E-state index in [0.717, 1.165) is 0 Å². The number of rotatable bonds is 4. The lowest BCUT2D eigenvalue weighted by atomic mass is 10.1. The van der Waals surface area contributed by atoms with E-state index in [-0.39, 0.29) is 12.8 Å². The van der Waals surface area contributed by atoms with Crippen LogP contribution in [0.4, 0.5) is 4.39 Å². The lowest BCUT2D eigenvalue weighted by Crippen LogP contribution is -1.99. The van der Waals surface area contributed by atoms with Gasteiger partial charge in [-0.3, -0.25) is 4.79 Å². The zero-order valence-electron chi connectivity index (χ0n) is 8.09. The van der Waals surface area contributed by atoms with E-state index in [4.69, 9.17) is 9.84 Å². The highest BCUT2D eigenvalue weighted by Gasteiger charge is 2.10. The van der Waals surface area contributed by atoms with Crippen molar-refractivity contribution >= 4 is 21.9 Å². The summed E-state index contributed by atoms with van der Waals surface area (Å²) in [5.41, 5.74) is 0.592. The average Bonchev–Trinajstić information content (AvgIpc) is 2.19. The third-order valence-electron chi connectivity index (χ3n) is 1.92. The van der Waals surface area contributed by atoms with Gasteiger partial charge in [0.25, 0.3) is 0 Å². The fourth-order valence-corrected chi connectivity index (χ4v) is 1.59. The Kier molecular flexibility index (Phi) is 4.08. The smallest absolute Gasteiger partial charge is 0.303 e. The lowest BCUT2D eigenvalue weighted by molar-refractivity contribution is -0.136. The highest BCUT2D eigenvalue weighted by atomic mass is 79.9. The van der Waals surface area contributed by atoms with Crippen LogP contribution in [0, 0.1) is 5.82 Å². The van der Waals surface area contributed by atoms with E-state index < -0.39 is 11.8 Å². The molecule has 0 spiro atoms. The van der Waals surface area contributed by atoms with Gasteiger partial charge in [-0.15, -0.1) is 0 Å². The number of halogens is 2. The third kappa shape index (κ3) is 3.20. The number of aryl methyl sites for hydroxylation is 1. The monoisotopic (exact) mass is 276 g/mol. The molecule has 0 saturated carbocycles. The van der Waals surface area contributed by atoms with Crippen LogP contribution < -0.4 is 4.74 Å². The topological polar surface area (TPSA) is 46.5 Å². The Morgan fingerprint density at radius 2 is 2.27 bits per heavy atom. The molecule has 1 N–H and O–H groups in total. The normalized spacial score (nSPS) is 10.1. The number of aliphatic carboxylic acids is 1. The van der Waals surface area contributed by atoms with Crippen molar-refractivity contribution in [3.8, 4) is 5.75 Å². The molecule has 1 aromatic rings. The first-order valence-corrected chi connectivity index (χ1v) is 5.07. The quantitative estimate of drug-likeness (QED) is 0.920. The average molecular weight is 277 g/mol. The third-order valence-corrected chi connectivity index (χ3v) is 2.81. The summed E-state index contributed by atoms with van der Waals surface area (Å²) >= 11 is 3.07. The summed E-state index contributed by atoms with van der Waals surface area (Å²) in [4.78, 5) is 10.4. The second-order valence-corrected chi connectivity index (χ2v) is 3.77. The minimum absolute atomic E-state index is 0.0365. The van der Waals surface area contributed by atoms with Crippen molar-refractivity contribution in [3.05, 3.63) is 28.0 Å². The maximum Gasteiger partial charge on any atom is 0.303 e. The molecule has 0 aliphatic carbocycles. The minimum Gasteiger partial charge on any atom is -0.497 e. The summed E-state index contributed by atoms with van der Waals surface area (Å²) in [6.07, 6.45) is 0.231. The zero-order chi connectivity index (χ0) is 11.4. The fraction of sp³-hybridized carbons (Fsp3) is 0.300. The Bertz CT molecular complexity index is 379. The number of methoxy groups -OCH3 is 1. The lowest BCUT2D eigenvalue weighted by Gasteiger charge is -2.07. The molecule has 0 aliphatic rings. The van der Waals surface area contributed by atoms with Gasteiger partial charge in [-0.05, 0) is 34.0 Å². The van der Waals surface area contributed by atoms with Crippen LogP contribution in [0.2, 0.25) is 0 Å². The molecular formula is C10H10BrFO3. The van der Waals surface area contributed by atoms with Crippen LogP contribution in [-0.4, -0.2) is 18.2 Å². The van der Waals surface area contributed by atoms with Gasteiger partial charge in [0.15, 0.2) is 0 Å². The van der Waals surface area contributed by atoms with Crippen LogP contribution >= 0.6 is 15.9 Å². The van der Waals surface area contributed by atoms with Gasteiger partial charge in [0.1, 0.15) is 11.6 Å². The molecule has 82 valence electrons. The molecule has 5 heteroatoms. The molecule has 15 heavy (non-hydrogen) atoms. The van der Waals surface area contributed by atoms with Gasteiger partial charge < -0.3 is 9.84 Å². The molecule has 0 amide bonds. The van der Waals surface area contributed by atoms with Gasteiger partial charge in [0.05, 0.1) is 11.6 Å². The fourth-order valence-electron chi connectivity index (χ4n) is 1.16. The predicted octanol–water partition coefficient (Wildman–Crippen LogP) is 2.61. The Morgan fingerprint density at radius 1 is 1.60 bits per heavy atom. The molecule has 0 aromatic heterocycles. The molecule has 0 fully saturated rings. The predicted molar refractivity (Wildman–Crippen MR) is 56.6 cm³/mol. The van der Waals surface area contributed by atoms with E-state index >= 15 is 0 Å². The first-order valence-electron chi connectivity index (χ1n) is 4.28. The molecule has 1 rings (SSSR count). The molecule has 0 aliphatic heterocycles. The molecule has 0 radical (unpaired) electrons. The zero-order valence-corrected chi connectivity index (χ0v) is 9.67. The molecule has 1 aromatic carbocycles. The van der Waals surface area contributed by atoms with Gasteiger partial charge in [-0.2, -0.15) is 0 Å². The molecule has 0 bridgehead atoms. The van der Waals surface area contributed by atoms with E-state index in [1.807, 2.05) is 0 Å². The molecule has 0 heterocycles. The summed E-state index contributed by atoms with van der Waals surface area (Å²) in [6.45, 7) is 0. The molecule has 0 unspecified atom stereocenters. The van der Waals surface area contributed by atoms with Crippen molar-refractivity contribution < 1.29 is 19.0 Å². The first kappa shape index (κ1) is 12.0. The second-order valence-electron chi connectivity index (χ2n) is 2.98. The van der Waals surface area contributed by atoms with E-state index in [1.165, 1.54) is 13.2 Å². The van der Waals surface area contributed by atoms with E-state index in [1.54, 1.807) is 6.07 Å². The number of carbonyl (C=O) groups is 1. The number of hydrogen-bond donors (Lipinski definition) is 1. The van der Waals surface area contributed by atoms with Gasteiger partial charge in [0.2, 0.25) is 0 Å². The summed E-state index contributed by atoms with van der Waals surface area (Å²) in [5.74, 6) is -0.976. The number of carboxylic acid groups (broad SMARTS) is 1. The Balaban J connectivity index is 2.94. The van der Waals surface area contributed by atoms with E-state index in [2.05, 4.69) is 15.9 Å². The maximum absolute atomic E-state index is 13.3. The second kappa shape index (κ2) is 5.11. The van der Waals surface area contributed by atoms with Crippen molar-refractivity contribution in [2.24, 2.45) is 0 Å². The van der Waals surface area contributed by atoms with E-state index in [9.17, 15) is 9.18 Å². The highest BCUT2D eigenvalue weighted by Crippen LogP contribution is 2.27. The van der Waals surface area contributed by atoms with Crippen molar-refractivity contribution in [2.45, 2.75) is 12.8 Å². The Labute approximate surface area is 95.0 Å². The Hall–Kier alpha value is -1.10. The summed E-state index contributed by atoms with van der Waals surface area (Å²) < 4.78 is 18.5. The van der Waals surface area contributed by atoms with E-state index in [0.29, 0.717) is 15.8 Å². The summed E-state index contributed by atoms with van der Waals surface area (Å²) in [6, 6.07) is 2.87. The van der Waals surface area contributed by atoms with Crippen molar-refractivity contribution in [1.29, 1.82) is 0 Å². The minimum atomic E-state index is -0.912. The maximum atomic E-state index is 13.3. The van der Waals surface area contributed by atoms with Gasteiger partial charge >= 0.3 is 5.97 Å². The number of hydrogen-bond acceptors (Lipinski definition) is 2. The number of benzene rings is 1. The van der Waals surface area contributed by atoms with Crippen LogP contribution in [0.5, 0.6) is 5.75 Å². The Morgan fingerprint density at radius 3 is 2.80 bits per heavy atom. The van der Waals surface area contributed by atoms with Gasteiger partial charge in [-0.1, -0.05) is 0 Å². The standard InChI is InChI=1S/C10H10BrFO3/c1-15-7-4-6(2-3-9(13)14)10(11)8(12)5-7/h4-5H,2-3H2,1H3,(H,13,14). The van der Waals surface area contributed by atoms with Crippen LogP contribution in [0.25, 0.3) is 0 Å². The largest absolute Gasteiger partial charge is 0.497 e. The number of ether oxygens (including phenoxy) is 1. The van der Waals surface area contributed by atoms with Crippen molar-refractivity contribution in [2.75, 3.05) is 7.11 Å². The van der Waals surface area contributed by atoms with Gasteiger partial charge in [0, 0.05) is 12.5 Å². The van der Waals surface area contributed by atoms with Crippen molar-refractivity contribution in [3.63, 3.8) is 0 Å². The van der Waals surface area contributed by atoms with Crippen LogP contribution in [0.15, 0.2) is 16.6 Å². The summed E-state index contributed by atoms with van der Waals surface area (Å²) in [5, 5.41) is 8.52. The molecule has 0 atom stereocenters. The first-order chi connectivity index (χ1) is 7.04. The summed E-state index contributed by atoms with van der Waals surface area (Å²) in [7, 11) is 1.43. The SMILES string of the molecule is COc1cc(F)c(Br)c(CCC(=O)O)c1. The van der Waals surface area contributed by atoms with Crippen LogP contribution in [-0.2, 0) is 11.2 Å². The number of carboxylic acids is 1. The molecular weight excluding hydrogens is 267 g/mol. The van der Waals surface area contributed by atoms with Crippen molar-refractivity contribution in [1.82, 2.24) is 0 Å². The van der Waals surface area contributed by atoms with Crippen LogP contribution in [0.3, 0.4) is 0 Å².